The Morgan fingerprint density at radius 2 is 2.00 bits per heavy atom. The van der Waals surface area contributed by atoms with E-state index in [0.29, 0.717) is 17.9 Å². The maximum Gasteiger partial charge on any atom is 0.133 e. The van der Waals surface area contributed by atoms with Crippen LogP contribution in [0.2, 0.25) is 0 Å². The molecule has 0 bridgehead atoms. The van der Waals surface area contributed by atoms with Gasteiger partial charge in [0.05, 0.1) is 12.3 Å². The van der Waals surface area contributed by atoms with Gasteiger partial charge < -0.3 is 15.3 Å². The Balaban J connectivity index is 0. The SMILES string of the molecule is C=N/C(=C1/C=NC=C(F)C1)N1CCCC(O)C1.CCl.CCl.CNC. The van der Waals surface area contributed by atoms with Gasteiger partial charge in [0.2, 0.25) is 0 Å². The van der Waals surface area contributed by atoms with Crippen LogP contribution in [0.5, 0.6) is 0 Å². The summed E-state index contributed by atoms with van der Waals surface area (Å²) in [5.41, 5.74) is 0.717. The molecule has 0 aromatic carbocycles. The molecule has 2 aliphatic heterocycles. The van der Waals surface area contributed by atoms with Crippen molar-refractivity contribution in [1.29, 1.82) is 0 Å². The van der Waals surface area contributed by atoms with Crippen LogP contribution >= 0.6 is 23.2 Å². The number of likely N-dealkylation sites (tertiary alicyclic amines) is 1. The molecule has 0 aromatic heterocycles. The third-order valence-corrected chi connectivity index (χ3v) is 2.94. The standard InChI is InChI=1S/C12H16FN3O.C2H7N.2CH3Cl/c1-14-12(9-5-10(13)7-15-6-9)16-4-2-3-11(17)8-16;1-3-2;2*1-2/h6-7,11,17H,1-5,8H2;3H,1-2H3;2*1H3/b12-9-;;;. The Bertz CT molecular complexity index is 428. The quantitative estimate of drug-likeness (QED) is 0.569. The molecule has 1 atom stereocenters. The highest BCUT2D eigenvalue weighted by atomic mass is 35.5. The smallest absolute Gasteiger partial charge is 0.133 e. The molecule has 2 aliphatic rings. The summed E-state index contributed by atoms with van der Waals surface area (Å²) < 4.78 is 13.2. The van der Waals surface area contributed by atoms with Crippen molar-refractivity contribution < 1.29 is 9.50 Å². The van der Waals surface area contributed by atoms with Gasteiger partial charge in [-0.25, -0.2) is 9.38 Å². The molecule has 0 saturated carbocycles. The summed E-state index contributed by atoms with van der Waals surface area (Å²) >= 11 is 9.28. The Morgan fingerprint density at radius 3 is 2.46 bits per heavy atom. The van der Waals surface area contributed by atoms with E-state index in [4.69, 9.17) is 0 Å². The summed E-state index contributed by atoms with van der Waals surface area (Å²) in [7, 11) is 3.75. The number of hydrogen-bond donors (Lipinski definition) is 2. The van der Waals surface area contributed by atoms with E-state index in [0.717, 1.165) is 19.4 Å². The molecule has 2 rings (SSSR count). The molecule has 140 valence electrons. The molecule has 1 unspecified atom stereocenters. The van der Waals surface area contributed by atoms with Crippen LogP contribution in [0.25, 0.3) is 0 Å². The van der Waals surface area contributed by atoms with Crippen LogP contribution in [0, 0.1) is 0 Å². The number of hydrogen-bond acceptors (Lipinski definition) is 5. The average molecular weight is 383 g/mol. The minimum absolute atomic E-state index is 0.199. The second-order valence-corrected chi connectivity index (χ2v) is 4.78. The largest absolute Gasteiger partial charge is 0.391 e. The van der Waals surface area contributed by atoms with Crippen LogP contribution in [-0.2, 0) is 0 Å². The van der Waals surface area contributed by atoms with Crippen molar-refractivity contribution >= 4 is 36.1 Å². The molecule has 0 amide bonds. The van der Waals surface area contributed by atoms with E-state index >= 15 is 0 Å². The third kappa shape index (κ3) is 10.0. The Kier molecular flexibility index (Phi) is 17.8. The molecule has 2 heterocycles. The van der Waals surface area contributed by atoms with Gasteiger partial charge in [0.15, 0.2) is 0 Å². The summed E-state index contributed by atoms with van der Waals surface area (Å²) in [5.74, 6) is 0.358. The number of aliphatic imine (C=N–C) groups is 2. The monoisotopic (exact) mass is 382 g/mol. The van der Waals surface area contributed by atoms with Gasteiger partial charge in [-0.05, 0) is 33.7 Å². The number of piperidine rings is 1. The first-order valence-electron chi connectivity index (χ1n) is 7.47. The molecule has 8 heteroatoms. The number of rotatable bonds is 2. The van der Waals surface area contributed by atoms with Gasteiger partial charge in [-0.1, -0.05) is 0 Å². The minimum atomic E-state index is -0.345. The van der Waals surface area contributed by atoms with E-state index in [1.807, 2.05) is 19.0 Å². The number of halogens is 3. The summed E-state index contributed by atoms with van der Waals surface area (Å²) in [6.45, 7) is 4.87. The van der Waals surface area contributed by atoms with Gasteiger partial charge in [-0.15, -0.1) is 23.2 Å². The highest BCUT2D eigenvalue weighted by Gasteiger charge is 2.22. The van der Waals surface area contributed by atoms with Crippen molar-refractivity contribution in [1.82, 2.24) is 10.2 Å². The maximum absolute atomic E-state index is 13.2. The van der Waals surface area contributed by atoms with Crippen molar-refractivity contribution in [3.05, 3.63) is 23.4 Å². The van der Waals surface area contributed by atoms with Crippen LogP contribution < -0.4 is 5.32 Å². The highest BCUT2D eigenvalue weighted by Crippen LogP contribution is 2.24. The molecule has 0 radical (unpaired) electrons. The summed E-state index contributed by atoms with van der Waals surface area (Å²) in [4.78, 5) is 9.73. The summed E-state index contributed by atoms with van der Waals surface area (Å²) in [5, 5.41) is 12.4. The van der Waals surface area contributed by atoms with Gasteiger partial charge in [0.1, 0.15) is 11.6 Å². The van der Waals surface area contributed by atoms with Crippen molar-refractivity contribution in [2.24, 2.45) is 9.98 Å². The highest BCUT2D eigenvalue weighted by molar-refractivity contribution is 6.15. The van der Waals surface area contributed by atoms with E-state index in [-0.39, 0.29) is 18.4 Å². The van der Waals surface area contributed by atoms with Crippen LogP contribution in [0.1, 0.15) is 19.3 Å². The molecule has 0 spiro atoms. The predicted octanol–water partition coefficient (Wildman–Crippen LogP) is 3.19. The Morgan fingerprint density at radius 1 is 1.42 bits per heavy atom. The van der Waals surface area contributed by atoms with Crippen LogP contribution in [0.3, 0.4) is 0 Å². The first-order chi connectivity index (χ1) is 11.6. The zero-order chi connectivity index (χ0) is 19.0. The normalized spacial score (nSPS) is 20.9. The van der Waals surface area contributed by atoms with Gasteiger partial charge in [-0.2, -0.15) is 0 Å². The van der Waals surface area contributed by atoms with E-state index in [2.05, 4.69) is 45.2 Å². The van der Waals surface area contributed by atoms with Crippen molar-refractivity contribution in [2.45, 2.75) is 25.4 Å². The molecule has 1 saturated heterocycles. The van der Waals surface area contributed by atoms with E-state index in [9.17, 15) is 9.50 Å². The van der Waals surface area contributed by atoms with Gasteiger partial charge in [0.25, 0.3) is 0 Å². The Labute approximate surface area is 155 Å². The van der Waals surface area contributed by atoms with E-state index in [1.165, 1.54) is 19.0 Å². The number of alkyl halides is 2. The Hall–Kier alpha value is -0.950. The topological polar surface area (TPSA) is 60.2 Å². The van der Waals surface area contributed by atoms with Gasteiger partial charge in [0, 0.05) is 44.1 Å². The van der Waals surface area contributed by atoms with E-state index < -0.39 is 0 Å². The number of aliphatic hydroxyl groups excluding tert-OH is 1. The fourth-order valence-corrected chi connectivity index (χ4v) is 2.17. The van der Waals surface area contributed by atoms with Crippen LogP contribution in [-0.4, -0.2) is 69.0 Å². The van der Waals surface area contributed by atoms with Crippen molar-refractivity contribution in [3.8, 4) is 0 Å². The lowest BCUT2D eigenvalue weighted by Crippen LogP contribution is -2.37. The first-order valence-corrected chi connectivity index (χ1v) is 8.98. The maximum atomic E-state index is 13.2. The molecule has 0 aliphatic carbocycles. The lowest BCUT2D eigenvalue weighted by Gasteiger charge is -2.32. The molecular weight excluding hydrogens is 354 g/mol. The lowest BCUT2D eigenvalue weighted by molar-refractivity contribution is 0.0871. The van der Waals surface area contributed by atoms with Crippen LogP contribution in [0.15, 0.2) is 33.4 Å². The van der Waals surface area contributed by atoms with Crippen molar-refractivity contribution in [2.75, 3.05) is 40.0 Å². The lowest BCUT2D eigenvalue weighted by atomic mass is 10.1. The molecular formula is C16H29Cl2FN4O. The predicted molar refractivity (Wildman–Crippen MR) is 104 cm³/mol. The molecule has 5 nitrogen and oxygen atoms in total. The summed E-state index contributed by atoms with van der Waals surface area (Å²) in [6, 6.07) is 0. The number of nitrogens with zero attached hydrogens (tertiary/aromatic N) is 3. The zero-order valence-corrected chi connectivity index (χ0v) is 16.4. The number of nitrogens with one attached hydrogen (secondary N) is 1. The third-order valence-electron chi connectivity index (χ3n) is 2.94. The number of aliphatic hydroxyl groups is 1. The summed E-state index contributed by atoms with van der Waals surface area (Å²) in [6.07, 6.45) is 7.32. The first kappa shape index (κ1) is 25.3. The molecule has 24 heavy (non-hydrogen) atoms. The van der Waals surface area contributed by atoms with Gasteiger partial charge in [-0.3, -0.25) is 4.99 Å². The van der Waals surface area contributed by atoms with Crippen molar-refractivity contribution in [3.63, 3.8) is 0 Å². The molecule has 1 fully saturated rings. The fraction of sp³-hybridized carbons (Fsp3) is 0.625. The number of β-amino-alcohol motifs (C(OH)–C–C–N with tert-alkyl or cyclic N) is 1. The number of allylic oxidation sites excluding steroid dienone is 2. The zero-order valence-electron chi connectivity index (χ0n) is 14.9. The van der Waals surface area contributed by atoms with Gasteiger partial charge >= 0.3 is 0 Å². The fourth-order valence-electron chi connectivity index (χ4n) is 2.17. The molecule has 2 N–H and O–H groups in total. The van der Waals surface area contributed by atoms with Crippen LogP contribution in [0.4, 0.5) is 4.39 Å². The minimum Gasteiger partial charge on any atom is -0.391 e. The molecule has 0 aromatic rings. The second-order valence-electron chi connectivity index (χ2n) is 4.78. The average Bonchev–Trinajstić information content (AvgIpc) is 2.60. The van der Waals surface area contributed by atoms with E-state index in [1.54, 1.807) is 6.21 Å². The second kappa shape index (κ2) is 16.9.